The Labute approximate surface area is 143 Å². The van der Waals surface area contributed by atoms with Crippen molar-refractivity contribution in [1.82, 2.24) is 10.3 Å². The number of halogens is 1. The van der Waals surface area contributed by atoms with Crippen LogP contribution in [0.2, 0.25) is 0 Å². The Kier molecular flexibility index (Phi) is 3.50. The predicted molar refractivity (Wildman–Crippen MR) is 87.2 cm³/mol. The van der Waals surface area contributed by atoms with Crippen LogP contribution < -0.4 is 10.1 Å². The van der Waals surface area contributed by atoms with Gasteiger partial charge in [-0.05, 0) is 13.0 Å². The maximum absolute atomic E-state index is 14.1. The normalized spacial score (nSPS) is 25.1. The Morgan fingerprint density at radius 3 is 3.04 bits per heavy atom. The standard InChI is InChI=1S/C18H17FN2O4/c1-9-16-14(10-4-3-5-11(19)15(10)21-9)13(22)7-18(25-16)6-12(20-8-18)17(23)24-2/h3-5,12,20H,6-8H2,1-2H3. The Balaban J connectivity index is 1.80. The topological polar surface area (TPSA) is 77.5 Å². The smallest absolute Gasteiger partial charge is 0.323 e. The zero-order valence-electron chi connectivity index (χ0n) is 13.9. The van der Waals surface area contributed by atoms with Gasteiger partial charge in [0.05, 0.1) is 24.8 Å². The first-order valence-electron chi connectivity index (χ1n) is 8.06. The van der Waals surface area contributed by atoms with E-state index in [1.807, 2.05) is 0 Å². The molecule has 0 aliphatic carbocycles. The molecule has 130 valence electrons. The zero-order valence-corrected chi connectivity index (χ0v) is 13.9. The number of pyridine rings is 1. The lowest BCUT2D eigenvalue weighted by molar-refractivity contribution is -0.143. The van der Waals surface area contributed by atoms with E-state index in [1.165, 1.54) is 13.2 Å². The van der Waals surface area contributed by atoms with Gasteiger partial charge in [0.15, 0.2) is 11.5 Å². The van der Waals surface area contributed by atoms with Gasteiger partial charge in [0, 0.05) is 18.4 Å². The van der Waals surface area contributed by atoms with Gasteiger partial charge in [0.25, 0.3) is 0 Å². The number of methoxy groups -OCH3 is 1. The predicted octanol–water partition coefficient (Wildman–Crippen LogP) is 1.92. The number of hydrogen-bond acceptors (Lipinski definition) is 6. The Hall–Kier alpha value is -2.54. The molecule has 1 N–H and O–H groups in total. The number of benzene rings is 1. The number of nitrogens with zero attached hydrogens (tertiary/aromatic N) is 1. The van der Waals surface area contributed by atoms with Gasteiger partial charge in [-0.2, -0.15) is 0 Å². The fourth-order valence-electron chi connectivity index (χ4n) is 3.73. The van der Waals surface area contributed by atoms with Crippen molar-refractivity contribution in [2.75, 3.05) is 13.7 Å². The van der Waals surface area contributed by atoms with E-state index in [2.05, 4.69) is 10.3 Å². The van der Waals surface area contributed by atoms with Gasteiger partial charge >= 0.3 is 5.97 Å². The summed E-state index contributed by atoms with van der Waals surface area (Å²) in [7, 11) is 1.33. The number of nitrogens with one attached hydrogen (secondary N) is 1. The molecule has 2 atom stereocenters. The molecule has 4 rings (SSSR count). The number of Topliss-reactive ketones (excluding diaryl/α,β-unsaturated/α-hetero) is 1. The van der Waals surface area contributed by atoms with Crippen LogP contribution in [-0.2, 0) is 9.53 Å². The maximum Gasteiger partial charge on any atom is 0.323 e. The fourth-order valence-corrected chi connectivity index (χ4v) is 3.73. The van der Waals surface area contributed by atoms with E-state index in [0.29, 0.717) is 35.4 Å². The third kappa shape index (κ3) is 2.38. The van der Waals surface area contributed by atoms with Crippen molar-refractivity contribution in [3.05, 3.63) is 35.3 Å². The Morgan fingerprint density at radius 2 is 2.28 bits per heavy atom. The molecule has 1 spiro atoms. The lowest BCUT2D eigenvalue weighted by Crippen LogP contribution is -2.44. The summed E-state index contributed by atoms with van der Waals surface area (Å²) in [5.41, 5.74) is 0.190. The summed E-state index contributed by atoms with van der Waals surface area (Å²) in [5.74, 6) is -0.602. The van der Waals surface area contributed by atoms with Crippen LogP contribution in [0.3, 0.4) is 0 Å². The summed E-state index contributed by atoms with van der Waals surface area (Å²) in [6.45, 7) is 2.05. The van der Waals surface area contributed by atoms with E-state index in [4.69, 9.17) is 9.47 Å². The first-order valence-corrected chi connectivity index (χ1v) is 8.06. The minimum Gasteiger partial charge on any atom is -0.483 e. The molecule has 3 heterocycles. The summed E-state index contributed by atoms with van der Waals surface area (Å²) in [6.07, 6.45) is 0.459. The van der Waals surface area contributed by atoms with Crippen molar-refractivity contribution in [1.29, 1.82) is 0 Å². The van der Waals surface area contributed by atoms with Crippen molar-refractivity contribution in [2.24, 2.45) is 0 Å². The first-order chi connectivity index (χ1) is 11.9. The highest BCUT2D eigenvalue weighted by molar-refractivity contribution is 6.11. The van der Waals surface area contributed by atoms with Crippen LogP contribution in [0.25, 0.3) is 10.9 Å². The second-order valence-electron chi connectivity index (χ2n) is 6.58. The molecule has 25 heavy (non-hydrogen) atoms. The summed E-state index contributed by atoms with van der Waals surface area (Å²) in [6, 6.07) is 4.04. The molecule has 0 radical (unpaired) electrons. The van der Waals surface area contributed by atoms with Crippen LogP contribution in [0, 0.1) is 12.7 Å². The van der Waals surface area contributed by atoms with Crippen LogP contribution in [0.5, 0.6) is 5.75 Å². The quantitative estimate of drug-likeness (QED) is 0.797. The first kappa shape index (κ1) is 16.0. The Morgan fingerprint density at radius 1 is 1.48 bits per heavy atom. The molecule has 7 heteroatoms. The molecular formula is C18H17FN2O4. The van der Waals surface area contributed by atoms with Gasteiger partial charge in [-0.15, -0.1) is 0 Å². The molecule has 1 aromatic heterocycles. The number of aromatic nitrogens is 1. The average molecular weight is 344 g/mol. The highest BCUT2D eigenvalue weighted by Crippen LogP contribution is 2.42. The maximum atomic E-state index is 14.1. The molecule has 2 unspecified atom stereocenters. The SMILES string of the molecule is COC(=O)C1CC2(CN1)CC(=O)c1c(c(C)nc3c(F)cccc13)O2. The van der Waals surface area contributed by atoms with Gasteiger partial charge in [0.1, 0.15) is 23.0 Å². The summed E-state index contributed by atoms with van der Waals surface area (Å²) < 4.78 is 25.0. The molecule has 0 amide bonds. The van der Waals surface area contributed by atoms with Crippen molar-refractivity contribution in [3.8, 4) is 5.75 Å². The largest absolute Gasteiger partial charge is 0.483 e. The van der Waals surface area contributed by atoms with Gasteiger partial charge in [-0.1, -0.05) is 12.1 Å². The number of fused-ring (bicyclic) bond motifs is 3. The van der Waals surface area contributed by atoms with Gasteiger partial charge in [0.2, 0.25) is 0 Å². The molecule has 0 bridgehead atoms. The van der Waals surface area contributed by atoms with Crippen molar-refractivity contribution in [3.63, 3.8) is 0 Å². The molecule has 2 aliphatic heterocycles. The molecule has 0 saturated carbocycles. The lowest BCUT2D eigenvalue weighted by Gasteiger charge is -2.35. The molecule has 2 aromatic rings. The van der Waals surface area contributed by atoms with Crippen LogP contribution in [0.15, 0.2) is 18.2 Å². The Bertz CT molecular complexity index is 914. The highest BCUT2D eigenvalue weighted by atomic mass is 19.1. The molecule has 1 fully saturated rings. The molecule has 6 nitrogen and oxygen atoms in total. The lowest BCUT2D eigenvalue weighted by atomic mass is 9.86. The van der Waals surface area contributed by atoms with Crippen LogP contribution >= 0.6 is 0 Å². The van der Waals surface area contributed by atoms with Gasteiger partial charge in [-0.25, -0.2) is 9.37 Å². The number of ether oxygens (including phenoxy) is 2. The van der Waals surface area contributed by atoms with E-state index in [0.717, 1.165) is 0 Å². The third-order valence-electron chi connectivity index (χ3n) is 4.90. The van der Waals surface area contributed by atoms with Crippen molar-refractivity contribution < 1.29 is 23.5 Å². The number of hydrogen-bond donors (Lipinski definition) is 1. The van der Waals surface area contributed by atoms with Crippen molar-refractivity contribution in [2.45, 2.75) is 31.4 Å². The number of aryl methyl sites for hydroxylation is 1. The molecule has 1 aromatic carbocycles. The number of rotatable bonds is 1. The third-order valence-corrected chi connectivity index (χ3v) is 4.90. The minimum atomic E-state index is -0.809. The highest BCUT2D eigenvalue weighted by Gasteiger charge is 2.49. The van der Waals surface area contributed by atoms with E-state index >= 15 is 0 Å². The second kappa shape index (κ2) is 5.49. The summed E-state index contributed by atoms with van der Waals surface area (Å²) in [5, 5.41) is 3.51. The van der Waals surface area contributed by atoms with Crippen LogP contribution in [0.4, 0.5) is 4.39 Å². The monoisotopic (exact) mass is 344 g/mol. The van der Waals surface area contributed by atoms with Crippen LogP contribution in [0.1, 0.15) is 28.9 Å². The summed E-state index contributed by atoms with van der Waals surface area (Å²) in [4.78, 5) is 28.9. The summed E-state index contributed by atoms with van der Waals surface area (Å²) >= 11 is 0. The van der Waals surface area contributed by atoms with Gasteiger partial charge < -0.3 is 14.8 Å². The van der Waals surface area contributed by atoms with E-state index < -0.39 is 17.5 Å². The number of para-hydroxylation sites is 1. The average Bonchev–Trinajstić information content (AvgIpc) is 2.98. The van der Waals surface area contributed by atoms with E-state index in [-0.39, 0.29) is 23.7 Å². The number of esters is 1. The molecule has 2 aliphatic rings. The van der Waals surface area contributed by atoms with Gasteiger partial charge in [-0.3, -0.25) is 9.59 Å². The number of ketones is 1. The zero-order chi connectivity index (χ0) is 17.8. The number of carbonyl (C=O) groups is 2. The number of carbonyl (C=O) groups excluding carboxylic acids is 2. The van der Waals surface area contributed by atoms with E-state index in [1.54, 1.807) is 19.1 Å². The fraction of sp³-hybridized carbons (Fsp3) is 0.389. The van der Waals surface area contributed by atoms with E-state index in [9.17, 15) is 14.0 Å². The van der Waals surface area contributed by atoms with Crippen LogP contribution in [-0.4, -0.2) is 42.0 Å². The van der Waals surface area contributed by atoms with Crippen molar-refractivity contribution >= 4 is 22.7 Å². The second-order valence-corrected chi connectivity index (χ2v) is 6.58. The molecule has 1 saturated heterocycles. The molecular weight excluding hydrogens is 327 g/mol. The minimum absolute atomic E-state index is 0.121.